The molecule has 0 saturated carbocycles. The Morgan fingerprint density at radius 3 is 2.29 bits per heavy atom. The van der Waals surface area contributed by atoms with Crippen LogP contribution in [0.3, 0.4) is 0 Å². The second kappa shape index (κ2) is 5.56. The number of rotatable bonds is 2. The van der Waals surface area contributed by atoms with Crippen LogP contribution in [0.1, 0.15) is 5.56 Å². The smallest absolute Gasteiger partial charge is 0.122 e. The molecular formula is C9H6Cl3NS. The first-order valence-electron chi connectivity index (χ1n) is 3.67. The van der Waals surface area contributed by atoms with Crippen molar-refractivity contribution in [2.24, 2.45) is 0 Å². The van der Waals surface area contributed by atoms with Gasteiger partial charge < -0.3 is 5.32 Å². The van der Waals surface area contributed by atoms with Gasteiger partial charge in [0.25, 0.3) is 0 Å². The van der Waals surface area contributed by atoms with E-state index < -0.39 is 0 Å². The predicted octanol–water partition coefficient (Wildman–Crippen LogP) is 3.88. The van der Waals surface area contributed by atoms with Crippen LogP contribution in [0.2, 0.25) is 5.02 Å². The molecule has 0 aromatic heterocycles. The van der Waals surface area contributed by atoms with Crippen molar-refractivity contribution in [2.75, 3.05) is 0 Å². The van der Waals surface area contributed by atoms with Gasteiger partial charge >= 0.3 is 0 Å². The first-order valence-corrected chi connectivity index (χ1v) is 5.21. The summed E-state index contributed by atoms with van der Waals surface area (Å²) in [7, 11) is 0. The highest BCUT2D eigenvalue weighted by atomic mass is 35.5. The zero-order chi connectivity index (χ0) is 10.6. The van der Waals surface area contributed by atoms with Crippen LogP contribution >= 0.6 is 47.0 Å². The number of nitrogens with one attached hydrogen (secondary N) is 1. The number of thiocarbonyl (C=S) groups is 1. The standard InChI is InChI=1S/C9H6Cl3NS/c10-7-3-1-6(2-4-7)9(14)13-5-8(11)12/h1-5H,(H,13,14). The van der Waals surface area contributed by atoms with Crippen LogP contribution < -0.4 is 5.32 Å². The zero-order valence-corrected chi connectivity index (χ0v) is 10.0. The van der Waals surface area contributed by atoms with Crippen molar-refractivity contribution >= 4 is 52.0 Å². The molecule has 0 aliphatic rings. The van der Waals surface area contributed by atoms with Gasteiger partial charge in [-0.2, -0.15) is 0 Å². The Morgan fingerprint density at radius 2 is 1.79 bits per heavy atom. The molecule has 0 bridgehead atoms. The molecule has 5 heteroatoms. The fourth-order valence-electron chi connectivity index (χ4n) is 0.805. The highest BCUT2D eigenvalue weighted by molar-refractivity contribution is 7.80. The summed E-state index contributed by atoms with van der Waals surface area (Å²) in [6.45, 7) is 0. The molecule has 1 N–H and O–H groups in total. The molecule has 0 aliphatic heterocycles. The van der Waals surface area contributed by atoms with Gasteiger partial charge in [0.05, 0.1) is 0 Å². The molecule has 0 saturated heterocycles. The second-order valence-electron chi connectivity index (χ2n) is 2.41. The van der Waals surface area contributed by atoms with E-state index in [-0.39, 0.29) is 4.49 Å². The summed E-state index contributed by atoms with van der Waals surface area (Å²) in [6.07, 6.45) is 1.42. The highest BCUT2D eigenvalue weighted by Gasteiger charge is 1.98. The molecule has 0 amide bonds. The van der Waals surface area contributed by atoms with Gasteiger partial charge in [-0.1, -0.05) is 59.2 Å². The summed E-state index contributed by atoms with van der Waals surface area (Å²) >= 11 is 21.6. The van der Waals surface area contributed by atoms with Crippen molar-refractivity contribution in [3.63, 3.8) is 0 Å². The summed E-state index contributed by atoms with van der Waals surface area (Å²) in [5.74, 6) is 0. The van der Waals surface area contributed by atoms with Crippen molar-refractivity contribution in [1.29, 1.82) is 0 Å². The normalized spacial score (nSPS) is 9.36. The number of hydrogen-bond acceptors (Lipinski definition) is 1. The lowest BCUT2D eigenvalue weighted by Gasteiger charge is -2.02. The van der Waals surface area contributed by atoms with Crippen LogP contribution in [-0.2, 0) is 0 Å². The Balaban J connectivity index is 2.70. The van der Waals surface area contributed by atoms with Gasteiger partial charge in [0.1, 0.15) is 9.48 Å². The van der Waals surface area contributed by atoms with Gasteiger partial charge in [0, 0.05) is 16.8 Å². The second-order valence-corrected chi connectivity index (χ2v) is 4.27. The number of hydrogen-bond donors (Lipinski definition) is 1. The Kier molecular flexibility index (Phi) is 4.69. The third-order valence-electron chi connectivity index (χ3n) is 1.42. The van der Waals surface area contributed by atoms with Gasteiger partial charge in [0.15, 0.2) is 0 Å². The molecule has 1 aromatic rings. The lowest BCUT2D eigenvalue weighted by Crippen LogP contribution is -2.15. The zero-order valence-electron chi connectivity index (χ0n) is 6.93. The van der Waals surface area contributed by atoms with E-state index in [0.717, 1.165) is 5.56 Å². The maximum Gasteiger partial charge on any atom is 0.122 e. The average Bonchev–Trinajstić information content (AvgIpc) is 2.15. The molecule has 0 radical (unpaired) electrons. The third kappa shape index (κ3) is 3.84. The summed E-state index contributed by atoms with van der Waals surface area (Å²) < 4.78 is 0.126. The van der Waals surface area contributed by atoms with Crippen LogP contribution in [-0.4, -0.2) is 4.99 Å². The first kappa shape index (κ1) is 11.8. The lowest BCUT2D eigenvalue weighted by molar-refractivity contribution is 1.31. The molecule has 74 valence electrons. The van der Waals surface area contributed by atoms with Crippen molar-refractivity contribution < 1.29 is 0 Å². The molecule has 1 nitrogen and oxygen atoms in total. The van der Waals surface area contributed by atoms with Crippen LogP contribution in [0.25, 0.3) is 0 Å². The van der Waals surface area contributed by atoms with Gasteiger partial charge in [-0.3, -0.25) is 0 Å². The van der Waals surface area contributed by atoms with E-state index in [1.54, 1.807) is 12.1 Å². The van der Waals surface area contributed by atoms with Crippen LogP contribution in [0.5, 0.6) is 0 Å². The SMILES string of the molecule is S=C(NC=C(Cl)Cl)c1ccc(Cl)cc1. The fraction of sp³-hybridized carbons (Fsp3) is 0. The predicted molar refractivity (Wildman–Crippen MR) is 66.1 cm³/mol. The first-order chi connectivity index (χ1) is 6.59. The molecule has 14 heavy (non-hydrogen) atoms. The van der Waals surface area contributed by atoms with Gasteiger partial charge in [-0.05, 0) is 12.1 Å². The molecule has 0 atom stereocenters. The van der Waals surface area contributed by atoms with E-state index >= 15 is 0 Å². The van der Waals surface area contributed by atoms with Gasteiger partial charge in [-0.15, -0.1) is 0 Å². The Hall–Kier alpha value is -0.280. The average molecular weight is 267 g/mol. The Morgan fingerprint density at radius 1 is 1.21 bits per heavy atom. The summed E-state index contributed by atoms with van der Waals surface area (Å²) in [5, 5.41) is 3.45. The minimum Gasteiger partial charge on any atom is -0.350 e. The van der Waals surface area contributed by atoms with E-state index in [1.807, 2.05) is 12.1 Å². The number of halogens is 3. The quantitative estimate of drug-likeness (QED) is 0.815. The van der Waals surface area contributed by atoms with Gasteiger partial charge in [0.2, 0.25) is 0 Å². The van der Waals surface area contributed by atoms with E-state index in [0.29, 0.717) is 10.0 Å². The molecule has 0 spiro atoms. The summed E-state index contributed by atoms with van der Waals surface area (Å²) in [4.78, 5) is 0.542. The maximum atomic E-state index is 5.73. The number of benzene rings is 1. The fourth-order valence-corrected chi connectivity index (χ4v) is 1.23. The van der Waals surface area contributed by atoms with E-state index in [4.69, 9.17) is 47.0 Å². The van der Waals surface area contributed by atoms with Crippen LogP contribution in [0.15, 0.2) is 35.0 Å². The third-order valence-corrected chi connectivity index (χ3v) is 2.24. The molecule has 0 aliphatic carbocycles. The lowest BCUT2D eigenvalue weighted by atomic mass is 10.2. The van der Waals surface area contributed by atoms with Crippen molar-refractivity contribution in [3.05, 3.63) is 45.5 Å². The molecule has 1 aromatic carbocycles. The molecular weight excluding hydrogens is 261 g/mol. The topological polar surface area (TPSA) is 12.0 Å². The van der Waals surface area contributed by atoms with E-state index in [1.165, 1.54) is 6.20 Å². The van der Waals surface area contributed by atoms with E-state index in [9.17, 15) is 0 Å². The molecule has 0 heterocycles. The Labute approximate surface area is 103 Å². The largest absolute Gasteiger partial charge is 0.350 e. The Bertz CT molecular complexity index is 355. The van der Waals surface area contributed by atoms with Gasteiger partial charge in [-0.25, -0.2) is 0 Å². The highest BCUT2D eigenvalue weighted by Crippen LogP contribution is 2.10. The summed E-state index contributed by atoms with van der Waals surface area (Å²) in [6, 6.07) is 7.15. The minimum atomic E-state index is 0.126. The van der Waals surface area contributed by atoms with Crippen molar-refractivity contribution in [3.8, 4) is 0 Å². The maximum absolute atomic E-state index is 5.73. The monoisotopic (exact) mass is 265 g/mol. The summed E-state index contributed by atoms with van der Waals surface area (Å²) in [5.41, 5.74) is 0.857. The molecule has 0 unspecified atom stereocenters. The minimum absolute atomic E-state index is 0.126. The molecule has 1 rings (SSSR count). The molecule has 0 fully saturated rings. The van der Waals surface area contributed by atoms with Crippen molar-refractivity contribution in [2.45, 2.75) is 0 Å². The van der Waals surface area contributed by atoms with Crippen LogP contribution in [0, 0.1) is 0 Å². The van der Waals surface area contributed by atoms with Crippen LogP contribution in [0.4, 0.5) is 0 Å². The van der Waals surface area contributed by atoms with Crippen molar-refractivity contribution in [1.82, 2.24) is 5.32 Å². The van der Waals surface area contributed by atoms with E-state index in [2.05, 4.69) is 5.32 Å².